The van der Waals surface area contributed by atoms with Gasteiger partial charge in [-0.25, -0.2) is 0 Å². The molecule has 0 fully saturated rings. The molecule has 0 aliphatic rings. The Labute approximate surface area is 168 Å². The number of hydrogen-bond acceptors (Lipinski definition) is 3. The molecule has 7 heteroatoms. The molecular weight excluding hydrogens is 408 g/mol. The van der Waals surface area contributed by atoms with Gasteiger partial charge in [0.25, 0.3) is 5.91 Å². The van der Waals surface area contributed by atoms with Crippen molar-refractivity contribution < 1.29 is 9.53 Å². The average molecular weight is 433 g/mol. The predicted molar refractivity (Wildman–Crippen MR) is 113 cm³/mol. The molecule has 0 radical (unpaired) electrons. The molecular formula is C20H25BrN4O2. The summed E-state index contributed by atoms with van der Waals surface area (Å²) in [4.78, 5) is 15.9. The van der Waals surface area contributed by atoms with E-state index in [0.717, 1.165) is 28.2 Å². The van der Waals surface area contributed by atoms with Crippen LogP contribution in [0.1, 0.15) is 15.9 Å². The first-order valence-corrected chi connectivity index (χ1v) is 9.55. The van der Waals surface area contributed by atoms with E-state index in [0.29, 0.717) is 25.3 Å². The van der Waals surface area contributed by atoms with E-state index in [1.54, 1.807) is 14.1 Å². The molecule has 0 bridgehead atoms. The number of nitrogens with one attached hydrogen (secondary N) is 3. The lowest BCUT2D eigenvalue weighted by molar-refractivity contribution is 0.0963. The van der Waals surface area contributed by atoms with Gasteiger partial charge in [-0.15, -0.1) is 0 Å². The van der Waals surface area contributed by atoms with Gasteiger partial charge < -0.3 is 20.7 Å². The average Bonchev–Trinajstić information content (AvgIpc) is 2.69. The Morgan fingerprint density at radius 2 is 1.89 bits per heavy atom. The van der Waals surface area contributed by atoms with E-state index in [1.165, 1.54) is 0 Å². The van der Waals surface area contributed by atoms with Gasteiger partial charge in [-0.1, -0.05) is 34.1 Å². The lowest BCUT2D eigenvalue weighted by atomic mass is 10.1. The molecule has 0 aliphatic carbocycles. The topological polar surface area (TPSA) is 74.8 Å². The van der Waals surface area contributed by atoms with Crippen LogP contribution in [0.15, 0.2) is 58.0 Å². The summed E-state index contributed by atoms with van der Waals surface area (Å²) in [6.07, 6.45) is 0.792. The van der Waals surface area contributed by atoms with Crippen LogP contribution in [0.2, 0.25) is 0 Å². The fraction of sp³-hybridized carbons (Fsp3) is 0.300. The smallest absolute Gasteiger partial charge is 0.251 e. The van der Waals surface area contributed by atoms with Crippen molar-refractivity contribution in [3.8, 4) is 5.75 Å². The van der Waals surface area contributed by atoms with E-state index >= 15 is 0 Å². The zero-order valence-corrected chi connectivity index (χ0v) is 17.2. The van der Waals surface area contributed by atoms with E-state index in [1.807, 2.05) is 48.5 Å². The van der Waals surface area contributed by atoms with Gasteiger partial charge in [0.2, 0.25) is 0 Å². The van der Waals surface area contributed by atoms with Gasteiger partial charge in [0.05, 0.1) is 6.54 Å². The van der Waals surface area contributed by atoms with Crippen molar-refractivity contribution in [1.82, 2.24) is 16.0 Å². The number of carbonyl (C=O) groups excluding carboxylic acids is 1. The molecule has 1 amide bonds. The molecule has 0 spiro atoms. The Balaban J connectivity index is 1.70. The van der Waals surface area contributed by atoms with Gasteiger partial charge in [0, 0.05) is 30.7 Å². The number of hydrogen-bond donors (Lipinski definition) is 3. The molecule has 144 valence electrons. The number of rotatable bonds is 8. The van der Waals surface area contributed by atoms with Crippen LogP contribution >= 0.6 is 15.9 Å². The van der Waals surface area contributed by atoms with Gasteiger partial charge in [0.15, 0.2) is 5.96 Å². The molecule has 3 N–H and O–H groups in total. The number of ether oxygens (including phenoxy) is 1. The van der Waals surface area contributed by atoms with Gasteiger partial charge in [0.1, 0.15) is 12.4 Å². The number of guanidine groups is 1. The summed E-state index contributed by atoms with van der Waals surface area (Å²) < 4.78 is 6.68. The van der Waals surface area contributed by atoms with Crippen LogP contribution in [0.5, 0.6) is 5.75 Å². The summed E-state index contributed by atoms with van der Waals surface area (Å²) in [6.45, 7) is 1.88. The van der Waals surface area contributed by atoms with Crippen LogP contribution in [0.3, 0.4) is 0 Å². The van der Waals surface area contributed by atoms with Crippen molar-refractivity contribution in [2.45, 2.75) is 6.42 Å². The summed E-state index contributed by atoms with van der Waals surface area (Å²) in [7, 11) is 3.36. The van der Waals surface area contributed by atoms with Gasteiger partial charge >= 0.3 is 0 Å². The van der Waals surface area contributed by atoms with Crippen LogP contribution in [-0.4, -0.2) is 45.7 Å². The van der Waals surface area contributed by atoms with Crippen molar-refractivity contribution in [2.75, 3.05) is 33.8 Å². The van der Waals surface area contributed by atoms with Crippen LogP contribution in [0, 0.1) is 0 Å². The Kier molecular flexibility index (Phi) is 8.64. The summed E-state index contributed by atoms with van der Waals surface area (Å²) in [5.41, 5.74) is 1.76. The molecule has 2 rings (SSSR count). The Morgan fingerprint density at radius 3 is 2.63 bits per heavy atom. The highest BCUT2D eigenvalue weighted by atomic mass is 79.9. The van der Waals surface area contributed by atoms with E-state index in [2.05, 4.69) is 36.9 Å². The van der Waals surface area contributed by atoms with Crippen LogP contribution in [0.4, 0.5) is 0 Å². The highest BCUT2D eigenvalue weighted by molar-refractivity contribution is 9.10. The minimum Gasteiger partial charge on any atom is -0.492 e. The van der Waals surface area contributed by atoms with E-state index in [-0.39, 0.29) is 5.91 Å². The fourth-order valence-corrected chi connectivity index (χ4v) is 2.83. The second-order valence-electron chi connectivity index (χ2n) is 5.76. The first-order valence-electron chi connectivity index (χ1n) is 8.76. The maximum atomic E-state index is 11.7. The summed E-state index contributed by atoms with van der Waals surface area (Å²) >= 11 is 3.42. The number of halogens is 1. The van der Waals surface area contributed by atoms with Gasteiger partial charge in [-0.2, -0.15) is 0 Å². The van der Waals surface area contributed by atoms with Crippen LogP contribution in [0.25, 0.3) is 0 Å². The lowest BCUT2D eigenvalue weighted by Gasteiger charge is -2.13. The summed E-state index contributed by atoms with van der Waals surface area (Å²) in [6, 6.07) is 15.4. The quantitative estimate of drug-likeness (QED) is 0.340. The first kappa shape index (κ1) is 20.8. The zero-order chi connectivity index (χ0) is 19.5. The largest absolute Gasteiger partial charge is 0.492 e. The Bertz CT molecular complexity index is 780. The molecule has 0 heterocycles. The van der Waals surface area contributed by atoms with Crippen LogP contribution in [-0.2, 0) is 6.42 Å². The normalized spacial score (nSPS) is 11.0. The van der Waals surface area contributed by atoms with Crippen molar-refractivity contribution in [1.29, 1.82) is 0 Å². The number of carbonyl (C=O) groups is 1. The highest BCUT2D eigenvalue weighted by Crippen LogP contribution is 2.17. The first-order chi connectivity index (χ1) is 13.1. The van der Waals surface area contributed by atoms with Gasteiger partial charge in [-0.05, 0) is 42.3 Å². The monoisotopic (exact) mass is 432 g/mol. The summed E-state index contributed by atoms with van der Waals surface area (Å²) in [5, 5.41) is 9.12. The third kappa shape index (κ3) is 7.30. The third-order valence-electron chi connectivity index (χ3n) is 3.81. The maximum absolute atomic E-state index is 11.7. The minimum atomic E-state index is -0.0762. The predicted octanol–water partition coefficient (Wildman–Crippen LogP) is 2.60. The Morgan fingerprint density at radius 1 is 1.11 bits per heavy atom. The van der Waals surface area contributed by atoms with Crippen molar-refractivity contribution >= 4 is 27.8 Å². The van der Waals surface area contributed by atoms with Crippen molar-refractivity contribution in [3.63, 3.8) is 0 Å². The zero-order valence-electron chi connectivity index (χ0n) is 15.6. The third-order valence-corrected chi connectivity index (χ3v) is 4.30. The number of nitrogens with zero attached hydrogens (tertiary/aromatic N) is 1. The molecule has 6 nitrogen and oxygen atoms in total. The second-order valence-corrected chi connectivity index (χ2v) is 6.68. The van der Waals surface area contributed by atoms with E-state index in [9.17, 15) is 4.79 Å². The lowest BCUT2D eigenvalue weighted by Crippen LogP contribution is -2.40. The maximum Gasteiger partial charge on any atom is 0.251 e. The molecule has 0 saturated heterocycles. The molecule has 2 aromatic carbocycles. The highest BCUT2D eigenvalue weighted by Gasteiger charge is 2.04. The molecule has 0 aromatic heterocycles. The number of aliphatic imine (C=N–C) groups is 1. The molecule has 0 saturated carbocycles. The van der Waals surface area contributed by atoms with E-state index in [4.69, 9.17) is 4.74 Å². The molecule has 0 aliphatic heterocycles. The second kappa shape index (κ2) is 11.2. The molecule has 0 atom stereocenters. The standard InChI is InChI=1S/C20H25BrN4O2/c1-22-19(26)16-6-3-5-15(13-16)9-10-24-20(23-2)25-11-12-27-18-8-4-7-17(21)14-18/h3-8,13-14H,9-12H2,1-2H3,(H,22,26)(H2,23,24,25). The van der Waals surface area contributed by atoms with Crippen molar-refractivity contribution in [2.24, 2.45) is 4.99 Å². The SMILES string of the molecule is CN=C(NCCOc1cccc(Br)c1)NCCc1cccc(C(=O)NC)c1. The summed E-state index contributed by atoms with van der Waals surface area (Å²) in [5.74, 6) is 1.47. The molecule has 2 aromatic rings. The van der Waals surface area contributed by atoms with Gasteiger partial charge in [-0.3, -0.25) is 9.79 Å². The van der Waals surface area contributed by atoms with E-state index < -0.39 is 0 Å². The minimum absolute atomic E-state index is 0.0762. The number of benzene rings is 2. The Hall–Kier alpha value is -2.54. The van der Waals surface area contributed by atoms with Crippen LogP contribution < -0.4 is 20.7 Å². The van der Waals surface area contributed by atoms with Crippen molar-refractivity contribution in [3.05, 3.63) is 64.1 Å². The molecule has 27 heavy (non-hydrogen) atoms. The number of amides is 1. The fourth-order valence-electron chi connectivity index (χ4n) is 2.45. The molecule has 0 unspecified atom stereocenters.